The van der Waals surface area contributed by atoms with E-state index in [-0.39, 0.29) is 18.3 Å². The third kappa shape index (κ3) is 6.23. The molecule has 1 heterocycles. The first-order valence-corrected chi connectivity index (χ1v) is 9.31. The number of carbonyl (C=O) groups is 1. The molecule has 1 N–H and O–H groups in total. The van der Waals surface area contributed by atoms with E-state index < -0.39 is 11.9 Å². The molecule has 146 valence electrons. The fraction of sp³-hybridized carbons (Fsp3) is 0.632. The molecule has 1 amide bonds. The van der Waals surface area contributed by atoms with Gasteiger partial charge >= 0.3 is 0 Å². The predicted octanol–water partition coefficient (Wildman–Crippen LogP) is 1.05. The lowest BCUT2D eigenvalue weighted by atomic mass is 10.2. The molecule has 1 saturated heterocycles. The average Bonchev–Trinajstić information content (AvgIpc) is 2.64. The summed E-state index contributed by atoms with van der Waals surface area (Å²) in [7, 11) is 0. The molecule has 1 aromatic rings. The van der Waals surface area contributed by atoms with Crippen molar-refractivity contribution in [1.29, 1.82) is 0 Å². The van der Waals surface area contributed by atoms with Crippen LogP contribution < -0.4 is 4.74 Å². The fourth-order valence-corrected chi connectivity index (χ4v) is 3.10. The van der Waals surface area contributed by atoms with Crippen molar-refractivity contribution in [1.82, 2.24) is 14.7 Å². The van der Waals surface area contributed by atoms with Gasteiger partial charge in [0, 0.05) is 45.8 Å². The SMILES string of the molecule is CCN(CC)C(=O)CN1CCN(CC(O)COc2ccccc2F)CC1. The number of β-amino-alcohol motifs (C(OH)–C–C–N with tert-alkyl or cyclic N) is 1. The maximum absolute atomic E-state index is 13.5. The number of likely N-dealkylation sites (N-methyl/N-ethyl adjacent to an activating group) is 1. The Morgan fingerprint density at radius 1 is 1.19 bits per heavy atom. The van der Waals surface area contributed by atoms with E-state index in [1.165, 1.54) is 6.07 Å². The van der Waals surface area contributed by atoms with Crippen LogP contribution in [-0.4, -0.2) is 90.8 Å². The van der Waals surface area contributed by atoms with E-state index in [0.717, 1.165) is 39.3 Å². The summed E-state index contributed by atoms with van der Waals surface area (Å²) in [4.78, 5) is 18.3. The fourth-order valence-electron chi connectivity index (χ4n) is 3.10. The van der Waals surface area contributed by atoms with E-state index in [0.29, 0.717) is 13.1 Å². The molecule has 1 fully saturated rings. The second-order valence-corrected chi connectivity index (χ2v) is 6.54. The van der Waals surface area contributed by atoms with Gasteiger partial charge in [-0.15, -0.1) is 0 Å². The number of aliphatic hydroxyl groups is 1. The lowest BCUT2D eigenvalue weighted by Crippen LogP contribution is -2.51. The summed E-state index contributed by atoms with van der Waals surface area (Å²) in [5, 5.41) is 10.1. The Morgan fingerprint density at radius 3 is 2.42 bits per heavy atom. The van der Waals surface area contributed by atoms with Gasteiger partial charge in [-0.1, -0.05) is 12.1 Å². The predicted molar refractivity (Wildman–Crippen MR) is 98.7 cm³/mol. The largest absolute Gasteiger partial charge is 0.488 e. The molecule has 0 aliphatic carbocycles. The van der Waals surface area contributed by atoms with Crippen LogP contribution in [0.25, 0.3) is 0 Å². The molecule has 2 rings (SSSR count). The van der Waals surface area contributed by atoms with Crippen LogP contribution in [0.3, 0.4) is 0 Å². The van der Waals surface area contributed by atoms with Crippen LogP contribution in [0.4, 0.5) is 4.39 Å². The topological polar surface area (TPSA) is 56.3 Å². The number of amides is 1. The minimum absolute atomic E-state index is 0.0571. The molecule has 1 aliphatic heterocycles. The van der Waals surface area contributed by atoms with Gasteiger partial charge < -0.3 is 14.7 Å². The Hall–Kier alpha value is -1.70. The van der Waals surface area contributed by atoms with E-state index in [1.807, 2.05) is 18.7 Å². The van der Waals surface area contributed by atoms with E-state index in [2.05, 4.69) is 9.80 Å². The van der Waals surface area contributed by atoms with Crippen LogP contribution in [0.1, 0.15) is 13.8 Å². The van der Waals surface area contributed by atoms with Crippen molar-refractivity contribution in [2.24, 2.45) is 0 Å². The van der Waals surface area contributed by atoms with Crippen molar-refractivity contribution in [2.75, 3.05) is 59.0 Å². The number of aliphatic hydroxyl groups excluding tert-OH is 1. The molecule has 0 saturated carbocycles. The number of para-hydroxylation sites is 1. The highest BCUT2D eigenvalue weighted by molar-refractivity contribution is 5.78. The lowest BCUT2D eigenvalue weighted by Gasteiger charge is -2.36. The first-order valence-electron chi connectivity index (χ1n) is 9.31. The third-order valence-electron chi connectivity index (χ3n) is 4.68. The number of hydrogen-bond acceptors (Lipinski definition) is 5. The number of carbonyl (C=O) groups excluding carboxylic acids is 1. The second kappa shape index (κ2) is 10.4. The molecular formula is C19H30FN3O3. The van der Waals surface area contributed by atoms with E-state index >= 15 is 0 Å². The van der Waals surface area contributed by atoms with E-state index in [1.54, 1.807) is 18.2 Å². The Kier molecular flexibility index (Phi) is 8.28. The summed E-state index contributed by atoms with van der Waals surface area (Å²) in [6.45, 7) is 9.63. The molecule has 0 radical (unpaired) electrons. The summed E-state index contributed by atoms with van der Waals surface area (Å²) in [5.41, 5.74) is 0. The van der Waals surface area contributed by atoms with Gasteiger partial charge in [0.25, 0.3) is 0 Å². The molecule has 0 aromatic heterocycles. The third-order valence-corrected chi connectivity index (χ3v) is 4.68. The number of ether oxygens (including phenoxy) is 1. The van der Waals surface area contributed by atoms with Gasteiger partial charge in [-0.3, -0.25) is 14.6 Å². The van der Waals surface area contributed by atoms with Crippen molar-refractivity contribution >= 4 is 5.91 Å². The molecule has 1 atom stereocenters. The highest BCUT2D eigenvalue weighted by atomic mass is 19.1. The number of nitrogens with zero attached hydrogens (tertiary/aromatic N) is 3. The Labute approximate surface area is 155 Å². The Balaban J connectivity index is 1.68. The average molecular weight is 367 g/mol. The standard InChI is InChI=1S/C19H30FN3O3/c1-3-23(4-2)19(25)14-22-11-9-21(10-12-22)13-16(24)15-26-18-8-6-5-7-17(18)20/h5-8,16,24H,3-4,9-15H2,1-2H3. The maximum Gasteiger partial charge on any atom is 0.236 e. The summed E-state index contributed by atoms with van der Waals surface area (Å²) in [6.07, 6.45) is -0.682. The normalized spacial score (nSPS) is 17.1. The second-order valence-electron chi connectivity index (χ2n) is 6.54. The molecule has 1 aromatic carbocycles. The number of rotatable bonds is 9. The lowest BCUT2D eigenvalue weighted by molar-refractivity contribution is -0.132. The zero-order valence-corrected chi connectivity index (χ0v) is 15.7. The Bertz CT molecular complexity index is 561. The van der Waals surface area contributed by atoms with Gasteiger partial charge in [0.2, 0.25) is 5.91 Å². The zero-order valence-electron chi connectivity index (χ0n) is 15.7. The summed E-state index contributed by atoms with van der Waals surface area (Å²) in [6, 6.07) is 6.18. The van der Waals surface area contributed by atoms with Crippen LogP contribution in [0.5, 0.6) is 5.75 Å². The first kappa shape index (κ1) is 20.6. The van der Waals surface area contributed by atoms with Gasteiger partial charge in [0.05, 0.1) is 6.54 Å². The molecular weight excluding hydrogens is 337 g/mol. The van der Waals surface area contributed by atoms with E-state index in [4.69, 9.17) is 4.74 Å². The van der Waals surface area contributed by atoms with Crippen molar-refractivity contribution in [2.45, 2.75) is 20.0 Å². The smallest absolute Gasteiger partial charge is 0.236 e. The summed E-state index contributed by atoms with van der Waals surface area (Å²) in [5.74, 6) is -0.0979. The van der Waals surface area contributed by atoms with Crippen LogP contribution in [-0.2, 0) is 4.79 Å². The monoisotopic (exact) mass is 367 g/mol. The molecule has 26 heavy (non-hydrogen) atoms. The molecule has 0 spiro atoms. The highest BCUT2D eigenvalue weighted by Crippen LogP contribution is 2.15. The van der Waals surface area contributed by atoms with E-state index in [9.17, 15) is 14.3 Å². The minimum atomic E-state index is -0.682. The number of benzene rings is 1. The van der Waals surface area contributed by atoms with Gasteiger partial charge in [-0.2, -0.15) is 0 Å². The van der Waals surface area contributed by atoms with Crippen molar-refractivity contribution in [3.8, 4) is 5.75 Å². The Morgan fingerprint density at radius 2 is 1.81 bits per heavy atom. The zero-order chi connectivity index (χ0) is 18.9. The van der Waals surface area contributed by atoms with Crippen molar-refractivity contribution in [3.63, 3.8) is 0 Å². The summed E-state index contributed by atoms with van der Waals surface area (Å²) >= 11 is 0. The number of hydrogen-bond donors (Lipinski definition) is 1. The minimum Gasteiger partial charge on any atom is -0.488 e. The first-order chi connectivity index (χ1) is 12.5. The van der Waals surface area contributed by atoms with Gasteiger partial charge in [-0.25, -0.2) is 4.39 Å². The van der Waals surface area contributed by atoms with Crippen LogP contribution in [0.15, 0.2) is 24.3 Å². The number of halogens is 1. The van der Waals surface area contributed by atoms with Gasteiger partial charge in [0.1, 0.15) is 12.7 Å². The molecule has 0 bridgehead atoms. The highest BCUT2D eigenvalue weighted by Gasteiger charge is 2.22. The maximum atomic E-state index is 13.5. The quantitative estimate of drug-likeness (QED) is 0.707. The molecule has 1 aliphatic rings. The van der Waals surface area contributed by atoms with Crippen molar-refractivity contribution < 1.29 is 19.0 Å². The molecule has 6 nitrogen and oxygen atoms in total. The van der Waals surface area contributed by atoms with Crippen LogP contribution >= 0.6 is 0 Å². The van der Waals surface area contributed by atoms with Gasteiger partial charge in [-0.05, 0) is 26.0 Å². The molecule has 1 unspecified atom stereocenters. The molecule has 7 heteroatoms. The van der Waals surface area contributed by atoms with Crippen LogP contribution in [0.2, 0.25) is 0 Å². The van der Waals surface area contributed by atoms with Gasteiger partial charge in [0.15, 0.2) is 11.6 Å². The number of piperazine rings is 1. The summed E-state index contributed by atoms with van der Waals surface area (Å²) < 4.78 is 18.9. The van der Waals surface area contributed by atoms with Crippen molar-refractivity contribution in [3.05, 3.63) is 30.1 Å². The van der Waals surface area contributed by atoms with Crippen LogP contribution in [0, 0.1) is 5.82 Å².